The summed E-state index contributed by atoms with van der Waals surface area (Å²) < 4.78 is 0. The van der Waals surface area contributed by atoms with Crippen molar-refractivity contribution in [2.24, 2.45) is 5.92 Å². The second-order valence-corrected chi connectivity index (χ2v) is 5.50. The van der Waals surface area contributed by atoms with E-state index >= 15 is 0 Å². The van der Waals surface area contributed by atoms with Crippen LogP contribution in [-0.2, 0) is 29.1 Å². The summed E-state index contributed by atoms with van der Waals surface area (Å²) in [6.45, 7) is 6.22. The van der Waals surface area contributed by atoms with Crippen molar-refractivity contribution in [3.05, 3.63) is 0 Å². The molecule has 0 rings (SSSR count). The minimum atomic E-state index is -0.675. The molecule has 22 heavy (non-hydrogen) atoms. The van der Waals surface area contributed by atoms with Gasteiger partial charge in [0, 0.05) is 25.9 Å². The van der Waals surface area contributed by atoms with E-state index in [0.29, 0.717) is 6.42 Å². The Morgan fingerprint density at radius 1 is 0.818 bits per heavy atom. The van der Waals surface area contributed by atoms with Crippen molar-refractivity contribution in [2.75, 3.05) is 0 Å². The molecule has 0 saturated carbocycles. The minimum Gasteiger partial charge on any atom is -0.481 e. The second kappa shape index (κ2) is 20.6. The molecule has 0 heterocycles. The normalized spacial score (nSPS) is 10.9. The Labute approximate surface area is 148 Å². The van der Waals surface area contributed by atoms with Gasteiger partial charge in [0.15, 0.2) is 0 Å². The molecule has 0 aromatic heterocycles. The monoisotopic (exact) mass is 366 g/mol. The number of hydrogen-bond donors (Lipinski definition) is 2. The molecule has 0 fully saturated rings. The van der Waals surface area contributed by atoms with E-state index in [-0.39, 0.29) is 25.4 Å². The largest absolute Gasteiger partial charge is 0.481 e. The number of unbranched alkanes of at least 4 members (excludes halogenated alkanes) is 6. The van der Waals surface area contributed by atoms with Crippen LogP contribution >= 0.6 is 0 Å². The molecule has 0 aromatic rings. The molecule has 0 aliphatic rings. The first kappa shape index (κ1) is 26.5. The first-order valence-corrected chi connectivity index (χ1v) is 8.44. The Kier molecular flexibility index (Phi) is 24.7. The predicted molar refractivity (Wildman–Crippen MR) is 86.6 cm³/mol. The molecular weight excluding hydrogens is 334 g/mol. The first-order valence-electron chi connectivity index (χ1n) is 8.44. The molecule has 0 aliphatic heterocycles. The second-order valence-electron chi connectivity index (χ2n) is 5.50. The van der Waals surface area contributed by atoms with E-state index in [1.807, 2.05) is 6.92 Å². The van der Waals surface area contributed by atoms with Gasteiger partial charge in [0.2, 0.25) is 0 Å². The summed E-state index contributed by atoms with van der Waals surface area (Å²) in [5.41, 5.74) is 0. The zero-order chi connectivity index (χ0) is 16.5. The van der Waals surface area contributed by atoms with Crippen molar-refractivity contribution in [3.8, 4) is 0 Å². The average molecular weight is 368 g/mol. The Balaban J connectivity index is -0.000000326. The smallest absolute Gasteiger partial charge is 0.306 e. The maximum atomic E-state index is 10.6. The van der Waals surface area contributed by atoms with Crippen molar-refractivity contribution in [2.45, 2.75) is 91.4 Å². The van der Waals surface area contributed by atoms with Crippen LogP contribution < -0.4 is 0 Å². The molecule has 0 radical (unpaired) electrons. The van der Waals surface area contributed by atoms with Crippen LogP contribution in [0.25, 0.3) is 0 Å². The molecule has 0 aromatic carbocycles. The zero-order valence-corrected chi connectivity index (χ0v) is 17.7. The van der Waals surface area contributed by atoms with Gasteiger partial charge in [0.1, 0.15) is 0 Å². The van der Waals surface area contributed by atoms with E-state index in [1.165, 1.54) is 25.7 Å². The molecule has 1 unspecified atom stereocenters. The van der Waals surface area contributed by atoms with Crippen LogP contribution in [0.15, 0.2) is 0 Å². The quantitative estimate of drug-likeness (QED) is 0.371. The molecule has 0 spiro atoms. The van der Waals surface area contributed by atoms with Crippen molar-refractivity contribution in [1.29, 1.82) is 0 Å². The van der Waals surface area contributed by atoms with E-state index < -0.39 is 11.9 Å². The number of carboxylic acid groups (broad SMARTS) is 2. The van der Waals surface area contributed by atoms with Gasteiger partial charge in [-0.15, -0.1) is 0 Å². The van der Waals surface area contributed by atoms with Crippen molar-refractivity contribution in [3.63, 3.8) is 0 Å². The van der Waals surface area contributed by atoms with Gasteiger partial charge in [0.25, 0.3) is 0 Å². The van der Waals surface area contributed by atoms with Gasteiger partial charge in [-0.25, -0.2) is 0 Å². The van der Waals surface area contributed by atoms with Gasteiger partial charge in [-0.2, -0.15) is 0 Å². The van der Waals surface area contributed by atoms with Crippen LogP contribution in [0.5, 0.6) is 0 Å². The van der Waals surface area contributed by atoms with E-state index in [0.717, 1.165) is 38.5 Å². The van der Waals surface area contributed by atoms with E-state index in [2.05, 4.69) is 13.8 Å². The van der Waals surface area contributed by atoms with Crippen LogP contribution in [0.4, 0.5) is 0 Å². The zero-order valence-electron chi connectivity index (χ0n) is 14.8. The first-order chi connectivity index (χ1) is 9.99. The van der Waals surface area contributed by atoms with Crippen LogP contribution in [0.1, 0.15) is 91.4 Å². The maximum Gasteiger partial charge on any atom is 0.306 e. The Hall–Kier alpha value is -0.437. The fourth-order valence-electron chi connectivity index (χ4n) is 2.02. The van der Waals surface area contributed by atoms with Crippen LogP contribution in [-0.4, -0.2) is 22.2 Å². The number of aliphatic carboxylic acids is 2. The summed E-state index contributed by atoms with van der Waals surface area (Å²) in [4.78, 5) is 20.6. The van der Waals surface area contributed by atoms with Crippen molar-refractivity contribution < 1.29 is 39.3 Å². The molecule has 0 saturated heterocycles. The third-order valence-corrected chi connectivity index (χ3v) is 3.49. The van der Waals surface area contributed by atoms with Crippen LogP contribution in [0, 0.1) is 5.92 Å². The molecule has 0 bridgehead atoms. The molecule has 0 aliphatic carbocycles. The molecule has 5 heteroatoms. The van der Waals surface area contributed by atoms with Crippen molar-refractivity contribution >= 4 is 11.9 Å². The molecular formula is C17H34O4Zn. The Bertz CT molecular complexity index is 257. The average Bonchev–Trinajstić information content (AvgIpc) is 2.44. The Morgan fingerprint density at radius 3 is 1.68 bits per heavy atom. The summed E-state index contributed by atoms with van der Waals surface area (Å²) in [7, 11) is 0. The van der Waals surface area contributed by atoms with Gasteiger partial charge in [-0.3, -0.25) is 9.59 Å². The number of hydrogen-bond acceptors (Lipinski definition) is 2. The van der Waals surface area contributed by atoms with Gasteiger partial charge in [0.05, 0.1) is 5.92 Å². The number of carboxylic acids is 2. The molecule has 128 valence electrons. The number of rotatable bonds is 12. The van der Waals surface area contributed by atoms with E-state index in [4.69, 9.17) is 10.2 Å². The summed E-state index contributed by atoms with van der Waals surface area (Å²) in [6, 6.07) is 0. The molecule has 4 nitrogen and oxygen atoms in total. The van der Waals surface area contributed by atoms with Crippen LogP contribution in [0.2, 0.25) is 0 Å². The molecule has 1 atom stereocenters. The fourth-order valence-corrected chi connectivity index (χ4v) is 2.02. The third kappa shape index (κ3) is 21.9. The summed E-state index contributed by atoms with van der Waals surface area (Å²) in [5.74, 6) is -1.41. The standard InChI is InChI=1S/C10H20O2.C7H14O2.Zn/c1-3-5-6-7-8-9(4-2)10(11)12;1-2-3-4-5-6-7(8)9;/h9H,3-8H2,1-2H3,(H,11,12);2-6H2,1H3,(H,8,9);. The van der Waals surface area contributed by atoms with Gasteiger partial charge in [-0.05, 0) is 19.3 Å². The fraction of sp³-hybridized carbons (Fsp3) is 0.882. The number of carbonyl (C=O) groups is 2. The predicted octanol–water partition coefficient (Wildman–Crippen LogP) is 5.11. The van der Waals surface area contributed by atoms with Crippen molar-refractivity contribution in [1.82, 2.24) is 0 Å². The summed E-state index contributed by atoms with van der Waals surface area (Å²) in [6.07, 6.45) is 10.9. The molecule has 2 N–H and O–H groups in total. The topological polar surface area (TPSA) is 74.6 Å². The van der Waals surface area contributed by atoms with Gasteiger partial charge >= 0.3 is 11.9 Å². The van der Waals surface area contributed by atoms with E-state index in [1.54, 1.807) is 0 Å². The van der Waals surface area contributed by atoms with Gasteiger partial charge < -0.3 is 10.2 Å². The van der Waals surface area contributed by atoms with Gasteiger partial charge in [-0.1, -0.05) is 65.7 Å². The summed E-state index contributed by atoms with van der Waals surface area (Å²) >= 11 is 0. The SMILES string of the molecule is CCCCCCC(=O)O.CCCCCCC(CC)C(=O)O.[Zn]. The maximum absolute atomic E-state index is 10.6. The molecule has 0 amide bonds. The van der Waals surface area contributed by atoms with E-state index in [9.17, 15) is 9.59 Å². The third-order valence-electron chi connectivity index (χ3n) is 3.49. The minimum absolute atomic E-state index is 0. The Morgan fingerprint density at radius 2 is 1.32 bits per heavy atom. The van der Waals surface area contributed by atoms with Crippen LogP contribution in [0.3, 0.4) is 0 Å². The summed E-state index contributed by atoms with van der Waals surface area (Å²) in [5, 5.41) is 16.9.